The van der Waals surface area contributed by atoms with E-state index in [-0.39, 0.29) is 11.8 Å². The minimum atomic E-state index is 0.0599. The summed E-state index contributed by atoms with van der Waals surface area (Å²) in [5.74, 6) is 1.39. The molecule has 1 aromatic carbocycles. The third-order valence-corrected chi connectivity index (χ3v) is 3.23. The summed E-state index contributed by atoms with van der Waals surface area (Å²) in [5, 5.41) is 4.16. The summed E-state index contributed by atoms with van der Waals surface area (Å²) in [7, 11) is 0. The lowest BCUT2D eigenvalue weighted by atomic mass is 10.0. The van der Waals surface area contributed by atoms with Crippen LogP contribution >= 0.6 is 0 Å². The molecule has 88 valence electrons. The van der Waals surface area contributed by atoms with Gasteiger partial charge >= 0.3 is 0 Å². The molecular weight excluding hydrogens is 216 g/mol. The first-order valence-corrected chi connectivity index (χ1v) is 5.90. The Bertz CT molecular complexity index is 479. The average Bonchev–Trinajstić information content (AvgIpc) is 3.12. The zero-order valence-corrected chi connectivity index (χ0v) is 9.64. The van der Waals surface area contributed by atoms with Crippen LogP contribution in [0.2, 0.25) is 0 Å². The monoisotopic (exact) mass is 230 g/mol. The van der Waals surface area contributed by atoms with Crippen molar-refractivity contribution in [1.82, 2.24) is 5.43 Å². The van der Waals surface area contributed by atoms with Crippen LogP contribution in [0.25, 0.3) is 0 Å². The molecule has 3 rings (SSSR count). The highest BCUT2D eigenvalue weighted by Gasteiger charge is 2.49. The van der Waals surface area contributed by atoms with Crippen molar-refractivity contribution < 1.29 is 9.53 Å². The van der Waals surface area contributed by atoms with Crippen molar-refractivity contribution in [3.63, 3.8) is 0 Å². The van der Waals surface area contributed by atoms with Crippen LogP contribution in [0.5, 0.6) is 5.75 Å². The molecule has 1 fully saturated rings. The highest BCUT2D eigenvalue weighted by Crippen LogP contribution is 2.43. The van der Waals surface area contributed by atoms with Crippen LogP contribution in [-0.4, -0.2) is 18.2 Å². The maximum Gasteiger partial charge on any atom is 0.243 e. The lowest BCUT2D eigenvalue weighted by Gasteiger charge is -2.12. The lowest BCUT2D eigenvalue weighted by Crippen LogP contribution is -2.28. The van der Waals surface area contributed by atoms with Crippen molar-refractivity contribution in [2.45, 2.75) is 13.3 Å². The molecule has 1 N–H and O–H groups in total. The van der Waals surface area contributed by atoms with E-state index in [1.807, 2.05) is 31.2 Å². The van der Waals surface area contributed by atoms with Gasteiger partial charge in [0.05, 0.1) is 12.3 Å². The summed E-state index contributed by atoms with van der Waals surface area (Å²) in [4.78, 5) is 11.3. The van der Waals surface area contributed by atoms with Gasteiger partial charge in [0, 0.05) is 11.8 Å². The van der Waals surface area contributed by atoms with Gasteiger partial charge in [-0.25, -0.2) is 5.43 Å². The van der Waals surface area contributed by atoms with Crippen molar-refractivity contribution in [3.8, 4) is 5.75 Å². The highest BCUT2D eigenvalue weighted by molar-refractivity contribution is 6.09. The van der Waals surface area contributed by atoms with Gasteiger partial charge in [-0.3, -0.25) is 4.79 Å². The van der Waals surface area contributed by atoms with E-state index in [0.717, 1.165) is 23.4 Å². The average molecular weight is 230 g/mol. The van der Waals surface area contributed by atoms with Gasteiger partial charge in [0.1, 0.15) is 5.75 Å². The summed E-state index contributed by atoms with van der Waals surface area (Å²) in [5.41, 5.74) is 4.65. The summed E-state index contributed by atoms with van der Waals surface area (Å²) in [6, 6.07) is 7.87. The number of hydrogen-bond donors (Lipinski definition) is 1. The molecule has 1 aromatic rings. The number of fused-ring (bicyclic) bond motifs is 1. The molecule has 0 saturated heterocycles. The number of ether oxygens (including phenoxy) is 1. The lowest BCUT2D eigenvalue weighted by molar-refractivity contribution is -0.122. The minimum Gasteiger partial charge on any atom is -0.494 e. The van der Waals surface area contributed by atoms with Gasteiger partial charge in [-0.1, -0.05) is 0 Å². The molecule has 1 aliphatic carbocycles. The zero-order valence-electron chi connectivity index (χ0n) is 9.64. The second kappa shape index (κ2) is 3.87. The molecule has 2 atom stereocenters. The Kier molecular flexibility index (Phi) is 2.35. The molecule has 0 aromatic heterocycles. The number of nitrogens with zero attached hydrogens (tertiary/aromatic N) is 1. The van der Waals surface area contributed by atoms with E-state index < -0.39 is 0 Å². The van der Waals surface area contributed by atoms with Gasteiger partial charge in [0.15, 0.2) is 0 Å². The Balaban J connectivity index is 1.83. The first kappa shape index (κ1) is 10.3. The van der Waals surface area contributed by atoms with E-state index in [9.17, 15) is 4.79 Å². The normalized spacial score (nSPS) is 25.7. The Hall–Kier alpha value is -1.84. The molecule has 4 nitrogen and oxygen atoms in total. The fraction of sp³-hybridized carbons (Fsp3) is 0.385. The molecule has 1 saturated carbocycles. The standard InChI is InChI=1S/C13H14N2O2/c1-2-17-9-5-3-8(4-6-9)12-10-7-11(10)13(16)15-14-12/h3-6,10-11H,2,7H2,1H3,(H,15,16)/t10-,11+/m1/s1. The van der Waals surface area contributed by atoms with Crippen LogP contribution in [0.15, 0.2) is 29.4 Å². The van der Waals surface area contributed by atoms with Crippen molar-refractivity contribution in [3.05, 3.63) is 29.8 Å². The maximum absolute atomic E-state index is 11.3. The molecule has 4 heteroatoms. The van der Waals surface area contributed by atoms with Crippen LogP contribution in [0.1, 0.15) is 18.9 Å². The molecule has 0 bridgehead atoms. The smallest absolute Gasteiger partial charge is 0.243 e. The van der Waals surface area contributed by atoms with Crippen molar-refractivity contribution in [1.29, 1.82) is 0 Å². The van der Waals surface area contributed by atoms with Crippen LogP contribution in [0, 0.1) is 11.8 Å². The molecule has 2 aliphatic rings. The van der Waals surface area contributed by atoms with Crippen LogP contribution in [0.3, 0.4) is 0 Å². The van der Waals surface area contributed by atoms with Crippen LogP contribution < -0.4 is 10.2 Å². The number of benzene rings is 1. The maximum atomic E-state index is 11.3. The SMILES string of the molecule is CCOc1ccc(C2=NNC(=O)[C@H]3C[C@@H]23)cc1. The van der Waals surface area contributed by atoms with Gasteiger partial charge in [-0.2, -0.15) is 5.10 Å². The first-order valence-electron chi connectivity index (χ1n) is 5.90. The number of rotatable bonds is 3. The van der Waals surface area contributed by atoms with Crippen molar-refractivity contribution >= 4 is 11.6 Å². The molecule has 1 aliphatic heterocycles. The molecule has 17 heavy (non-hydrogen) atoms. The number of amides is 1. The Labute approximate surface area is 99.7 Å². The van der Waals surface area contributed by atoms with E-state index in [1.54, 1.807) is 0 Å². The number of hydrogen-bond acceptors (Lipinski definition) is 3. The Morgan fingerprint density at radius 3 is 2.82 bits per heavy atom. The number of nitrogens with one attached hydrogen (secondary N) is 1. The molecule has 1 amide bonds. The predicted molar refractivity (Wildman–Crippen MR) is 63.9 cm³/mol. The third-order valence-electron chi connectivity index (χ3n) is 3.23. The van der Waals surface area contributed by atoms with E-state index in [2.05, 4.69) is 10.5 Å². The quantitative estimate of drug-likeness (QED) is 0.856. The van der Waals surface area contributed by atoms with Gasteiger partial charge in [-0.05, 0) is 43.2 Å². The second-order valence-corrected chi connectivity index (χ2v) is 4.38. The van der Waals surface area contributed by atoms with E-state index >= 15 is 0 Å². The fourth-order valence-corrected chi connectivity index (χ4v) is 2.24. The van der Waals surface area contributed by atoms with E-state index in [0.29, 0.717) is 12.5 Å². The first-order chi connectivity index (χ1) is 8.29. The van der Waals surface area contributed by atoms with E-state index in [4.69, 9.17) is 4.74 Å². The highest BCUT2D eigenvalue weighted by atomic mass is 16.5. The fourth-order valence-electron chi connectivity index (χ4n) is 2.24. The molecule has 0 unspecified atom stereocenters. The largest absolute Gasteiger partial charge is 0.494 e. The third kappa shape index (κ3) is 1.79. The Morgan fingerprint density at radius 1 is 1.35 bits per heavy atom. The molecule has 0 radical (unpaired) electrons. The summed E-state index contributed by atoms with van der Waals surface area (Å²) in [6.07, 6.45) is 0.928. The van der Waals surface area contributed by atoms with Gasteiger partial charge in [0.2, 0.25) is 5.91 Å². The van der Waals surface area contributed by atoms with Crippen LogP contribution in [0.4, 0.5) is 0 Å². The van der Waals surface area contributed by atoms with Gasteiger partial charge in [-0.15, -0.1) is 0 Å². The van der Waals surface area contributed by atoms with Gasteiger partial charge < -0.3 is 4.74 Å². The summed E-state index contributed by atoms with van der Waals surface area (Å²) >= 11 is 0. The minimum absolute atomic E-state index is 0.0599. The van der Waals surface area contributed by atoms with Gasteiger partial charge in [0.25, 0.3) is 0 Å². The second-order valence-electron chi connectivity index (χ2n) is 4.38. The molecular formula is C13H14N2O2. The molecule has 0 spiro atoms. The number of hydrazone groups is 1. The van der Waals surface area contributed by atoms with Crippen LogP contribution in [-0.2, 0) is 4.79 Å². The summed E-state index contributed by atoms with van der Waals surface area (Å²) < 4.78 is 5.39. The number of carbonyl (C=O) groups excluding carboxylic acids is 1. The summed E-state index contributed by atoms with van der Waals surface area (Å²) in [6.45, 7) is 2.63. The zero-order chi connectivity index (χ0) is 11.8. The Morgan fingerprint density at radius 2 is 2.12 bits per heavy atom. The van der Waals surface area contributed by atoms with Crippen molar-refractivity contribution in [2.24, 2.45) is 16.9 Å². The topological polar surface area (TPSA) is 50.7 Å². The van der Waals surface area contributed by atoms with Crippen molar-refractivity contribution in [2.75, 3.05) is 6.61 Å². The molecule has 1 heterocycles. The van der Waals surface area contributed by atoms with E-state index in [1.165, 1.54) is 0 Å². The number of carbonyl (C=O) groups is 1. The predicted octanol–water partition coefficient (Wildman–Crippen LogP) is 1.56.